The van der Waals surface area contributed by atoms with Gasteiger partial charge in [0.25, 0.3) is 5.91 Å². The molecule has 0 aliphatic heterocycles. The molecule has 3 rings (SSSR count). The first-order chi connectivity index (χ1) is 12.0. The highest BCUT2D eigenvalue weighted by molar-refractivity contribution is 6.34. The van der Waals surface area contributed by atoms with Gasteiger partial charge in [0.1, 0.15) is 5.75 Å². The van der Waals surface area contributed by atoms with Crippen molar-refractivity contribution in [1.29, 1.82) is 0 Å². The molecule has 1 aliphatic carbocycles. The van der Waals surface area contributed by atoms with Gasteiger partial charge >= 0.3 is 5.97 Å². The van der Waals surface area contributed by atoms with Crippen LogP contribution in [0.15, 0.2) is 36.4 Å². The van der Waals surface area contributed by atoms with Crippen molar-refractivity contribution >= 4 is 23.5 Å². The van der Waals surface area contributed by atoms with Crippen molar-refractivity contribution in [1.82, 2.24) is 5.32 Å². The molecule has 2 aromatic rings. The molecule has 0 unspecified atom stereocenters. The fourth-order valence-corrected chi connectivity index (χ4v) is 3.30. The molecule has 0 bridgehead atoms. The molecule has 1 N–H and O–H groups in total. The quantitative estimate of drug-likeness (QED) is 0.848. The molecule has 0 saturated heterocycles. The lowest BCUT2D eigenvalue weighted by Crippen LogP contribution is -2.27. The molecule has 1 amide bonds. The first-order valence-electron chi connectivity index (χ1n) is 7.89. The Hall–Kier alpha value is -2.53. The van der Waals surface area contributed by atoms with Crippen LogP contribution in [-0.2, 0) is 11.2 Å². The van der Waals surface area contributed by atoms with E-state index in [1.807, 2.05) is 6.07 Å². The maximum Gasteiger partial charge on any atom is 0.337 e. The van der Waals surface area contributed by atoms with Gasteiger partial charge in [-0.3, -0.25) is 4.79 Å². The normalized spacial score (nSPS) is 15.4. The molecule has 0 saturated carbocycles. The highest BCUT2D eigenvalue weighted by Gasteiger charge is 2.26. The van der Waals surface area contributed by atoms with E-state index in [0.717, 1.165) is 24.0 Å². The van der Waals surface area contributed by atoms with Crippen molar-refractivity contribution in [3.8, 4) is 5.75 Å². The highest BCUT2D eigenvalue weighted by Crippen LogP contribution is 2.33. The lowest BCUT2D eigenvalue weighted by Gasteiger charge is -2.16. The number of halogens is 1. The fraction of sp³-hybridized carbons (Fsp3) is 0.263. The molecule has 25 heavy (non-hydrogen) atoms. The first-order valence-corrected chi connectivity index (χ1v) is 8.27. The van der Waals surface area contributed by atoms with Crippen LogP contribution in [0.2, 0.25) is 5.02 Å². The molecule has 6 heteroatoms. The Morgan fingerprint density at radius 1 is 1.16 bits per heavy atom. The third-order valence-corrected chi connectivity index (χ3v) is 4.68. The van der Waals surface area contributed by atoms with Crippen LogP contribution in [0, 0.1) is 0 Å². The number of aryl methyl sites for hydroxylation is 1. The second-order valence-corrected chi connectivity index (χ2v) is 6.22. The number of benzene rings is 2. The van der Waals surface area contributed by atoms with Crippen molar-refractivity contribution in [3.63, 3.8) is 0 Å². The average molecular weight is 360 g/mol. The van der Waals surface area contributed by atoms with Crippen molar-refractivity contribution in [2.24, 2.45) is 0 Å². The van der Waals surface area contributed by atoms with E-state index in [0.29, 0.717) is 21.9 Å². The lowest BCUT2D eigenvalue weighted by atomic mass is 10.0. The third-order valence-electron chi connectivity index (χ3n) is 4.37. The second kappa shape index (κ2) is 7.15. The number of hydrogen-bond acceptors (Lipinski definition) is 4. The third kappa shape index (κ3) is 3.46. The number of methoxy groups -OCH3 is 2. The Balaban J connectivity index is 1.81. The molecule has 1 atom stereocenters. The second-order valence-electron chi connectivity index (χ2n) is 5.82. The molecule has 1 aliphatic rings. The maximum atomic E-state index is 12.6. The average Bonchev–Trinajstić information content (AvgIpc) is 3.02. The number of amides is 1. The Morgan fingerprint density at radius 3 is 2.64 bits per heavy atom. The Kier molecular flexibility index (Phi) is 4.95. The molecular formula is C19H18ClNO4. The number of nitrogens with one attached hydrogen (secondary N) is 1. The monoisotopic (exact) mass is 359 g/mol. The zero-order chi connectivity index (χ0) is 18.0. The van der Waals surface area contributed by atoms with Crippen LogP contribution in [0.4, 0.5) is 0 Å². The highest BCUT2D eigenvalue weighted by atomic mass is 35.5. The van der Waals surface area contributed by atoms with Crippen LogP contribution >= 0.6 is 11.6 Å². The predicted octanol–water partition coefficient (Wildman–Crippen LogP) is 3.55. The van der Waals surface area contributed by atoms with Gasteiger partial charge in [0.15, 0.2) is 0 Å². The summed E-state index contributed by atoms with van der Waals surface area (Å²) in [7, 11) is 2.89. The summed E-state index contributed by atoms with van der Waals surface area (Å²) in [5.74, 6) is -0.0533. The fourth-order valence-electron chi connectivity index (χ4n) is 3.04. The molecule has 0 radical (unpaired) electrons. The van der Waals surface area contributed by atoms with Gasteiger partial charge in [0.2, 0.25) is 0 Å². The van der Waals surface area contributed by atoms with Crippen LogP contribution in [0.25, 0.3) is 0 Å². The topological polar surface area (TPSA) is 64.6 Å². The van der Waals surface area contributed by atoms with Crippen molar-refractivity contribution in [2.45, 2.75) is 18.9 Å². The van der Waals surface area contributed by atoms with Gasteiger partial charge in [-0.05, 0) is 54.3 Å². The Bertz CT molecular complexity index is 834. The van der Waals surface area contributed by atoms with Crippen molar-refractivity contribution in [2.75, 3.05) is 14.2 Å². The molecular weight excluding hydrogens is 342 g/mol. The number of esters is 1. The van der Waals surface area contributed by atoms with E-state index in [9.17, 15) is 9.59 Å². The standard InChI is InChI=1S/C19H18ClNO4/c1-24-13-6-7-14(16(20)10-13)18(22)21-17-8-5-11-3-4-12(9-15(11)17)19(23)25-2/h3-4,6-7,9-10,17H,5,8H2,1-2H3,(H,21,22)/t17-/m1/s1. The molecule has 130 valence electrons. The number of rotatable bonds is 4. The number of carbonyl (C=O) groups is 2. The minimum absolute atomic E-state index is 0.162. The zero-order valence-corrected chi connectivity index (χ0v) is 14.7. The van der Waals surface area contributed by atoms with Gasteiger partial charge in [-0.15, -0.1) is 0 Å². The molecule has 5 nitrogen and oxygen atoms in total. The summed E-state index contributed by atoms with van der Waals surface area (Å²) < 4.78 is 9.86. The van der Waals surface area contributed by atoms with Gasteiger partial charge in [-0.2, -0.15) is 0 Å². The maximum absolute atomic E-state index is 12.6. The largest absolute Gasteiger partial charge is 0.497 e. The molecule has 0 heterocycles. The predicted molar refractivity (Wildman–Crippen MR) is 94.3 cm³/mol. The molecule has 0 fully saturated rings. The smallest absolute Gasteiger partial charge is 0.337 e. The van der Waals surface area contributed by atoms with Crippen molar-refractivity contribution < 1.29 is 19.1 Å². The Labute approximate surface area is 150 Å². The molecule has 2 aromatic carbocycles. The zero-order valence-electron chi connectivity index (χ0n) is 14.0. The van der Waals surface area contributed by atoms with E-state index in [1.165, 1.54) is 7.11 Å². The SMILES string of the molecule is COC(=O)c1ccc2c(c1)[C@H](NC(=O)c1ccc(OC)cc1Cl)CC2. The molecule has 0 aromatic heterocycles. The van der Waals surface area contributed by atoms with E-state index >= 15 is 0 Å². The number of carbonyl (C=O) groups excluding carboxylic acids is 2. The lowest BCUT2D eigenvalue weighted by molar-refractivity contribution is 0.0600. The van der Waals surface area contributed by atoms with E-state index in [-0.39, 0.29) is 11.9 Å². The van der Waals surface area contributed by atoms with E-state index < -0.39 is 5.97 Å². The van der Waals surface area contributed by atoms with Gasteiger partial charge in [0, 0.05) is 0 Å². The summed E-state index contributed by atoms with van der Waals surface area (Å²) in [5.41, 5.74) is 2.93. The summed E-state index contributed by atoms with van der Waals surface area (Å²) in [5, 5.41) is 3.33. The van der Waals surface area contributed by atoms with Gasteiger partial charge < -0.3 is 14.8 Å². The van der Waals surface area contributed by atoms with Crippen molar-refractivity contribution in [3.05, 3.63) is 63.7 Å². The van der Waals surface area contributed by atoms with Crippen LogP contribution in [0.5, 0.6) is 5.75 Å². The van der Waals surface area contributed by atoms with E-state index in [1.54, 1.807) is 37.4 Å². The van der Waals surface area contributed by atoms with Crippen LogP contribution in [-0.4, -0.2) is 26.1 Å². The minimum atomic E-state index is -0.391. The summed E-state index contributed by atoms with van der Waals surface area (Å²) in [6.45, 7) is 0. The van der Waals surface area contributed by atoms with E-state index in [4.69, 9.17) is 21.1 Å². The van der Waals surface area contributed by atoms with E-state index in [2.05, 4.69) is 5.32 Å². The summed E-state index contributed by atoms with van der Waals surface area (Å²) in [4.78, 5) is 24.3. The van der Waals surface area contributed by atoms with Gasteiger partial charge in [-0.1, -0.05) is 17.7 Å². The number of ether oxygens (including phenoxy) is 2. The first kappa shape index (κ1) is 17.3. The minimum Gasteiger partial charge on any atom is -0.497 e. The number of fused-ring (bicyclic) bond motifs is 1. The van der Waals surface area contributed by atoms with Gasteiger partial charge in [-0.25, -0.2) is 4.79 Å². The summed E-state index contributed by atoms with van der Waals surface area (Å²) in [6.07, 6.45) is 1.62. The van der Waals surface area contributed by atoms with Crippen LogP contribution < -0.4 is 10.1 Å². The number of hydrogen-bond donors (Lipinski definition) is 1. The molecule has 0 spiro atoms. The summed E-state index contributed by atoms with van der Waals surface area (Å²) >= 11 is 6.17. The van der Waals surface area contributed by atoms with Gasteiger partial charge in [0.05, 0.1) is 36.4 Å². The van der Waals surface area contributed by atoms with Crippen LogP contribution in [0.1, 0.15) is 44.3 Å². The summed E-state index contributed by atoms with van der Waals surface area (Å²) in [6, 6.07) is 10.2. The van der Waals surface area contributed by atoms with Crippen LogP contribution in [0.3, 0.4) is 0 Å². The Morgan fingerprint density at radius 2 is 1.96 bits per heavy atom.